The van der Waals surface area contributed by atoms with Crippen molar-refractivity contribution in [3.63, 3.8) is 0 Å². The highest BCUT2D eigenvalue weighted by atomic mass is 16.5. The van der Waals surface area contributed by atoms with Crippen LogP contribution in [0.5, 0.6) is 0 Å². The minimum atomic E-state index is -0.985. The molecule has 0 spiro atoms. The Kier molecular flexibility index (Phi) is 7.51. The Hall–Kier alpha value is -3.35. The van der Waals surface area contributed by atoms with E-state index in [9.17, 15) is 14.4 Å². The van der Waals surface area contributed by atoms with Gasteiger partial charge in [-0.05, 0) is 34.6 Å². The van der Waals surface area contributed by atoms with Gasteiger partial charge < -0.3 is 20.5 Å². The van der Waals surface area contributed by atoms with E-state index in [1.807, 2.05) is 50.2 Å². The Labute approximate surface area is 188 Å². The van der Waals surface area contributed by atoms with E-state index in [0.717, 1.165) is 22.3 Å². The lowest BCUT2D eigenvalue weighted by Crippen LogP contribution is -2.51. The van der Waals surface area contributed by atoms with Crippen LogP contribution in [-0.2, 0) is 14.3 Å². The topological polar surface area (TPSA) is 105 Å². The van der Waals surface area contributed by atoms with E-state index in [2.05, 4.69) is 22.8 Å². The summed E-state index contributed by atoms with van der Waals surface area (Å²) in [5.74, 6) is -1.52. The molecule has 1 aliphatic rings. The van der Waals surface area contributed by atoms with Gasteiger partial charge in [-0.1, -0.05) is 69.3 Å². The van der Waals surface area contributed by atoms with Crippen molar-refractivity contribution in [1.82, 2.24) is 10.6 Å². The molecule has 2 amide bonds. The number of fused-ring (bicyclic) bond motifs is 3. The summed E-state index contributed by atoms with van der Waals surface area (Å²) in [4.78, 5) is 36.2. The average molecular weight is 439 g/mol. The first kappa shape index (κ1) is 23.3. The van der Waals surface area contributed by atoms with Crippen molar-refractivity contribution >= 4 is 18.0 Å². The molecular weight excluding hydrogens is 408 g/mol. The van der Waals surface area contributed by atoms with Crippen LogP contribution in [0.15, 0.2) is 48.5 Å². The van der Waals surface area contributed by atoms with Gasteiger partial charge in [0.15, 0.2) is 0 Å². The molecule has 0 heterocycles. The molecule has 0 radical (unpaired) electrons. The normalized spacial score (nSPS) is 14.2. The predicted octanol–water partition coefficient (Wildman–Crippen LogP) is 3.92. The molecule has 0 unspecified atom stereocenters. The summed E-state index contributed by atoms with van der Waals surface area (Å²) in [5, 5.41) is 14.4. The van der Waals surface area contributed by atoms with Crippen LogP contribution in [0.1, 0.15) is 50.7 Å². The van der Waals surface area contributed by atoms with Gasteiger partial charge in [0, 0.05) is 12.0 Å². The number of alkyl carbamates (subject to hydrolysis) is 1. The highest BCUT2D eigenvalue weighted by Gasteiger charge is 2.30. The van der Waals surface area contributed by atoms with Crippen LogP contribution in [0.4, 0.5) is 4.79 Å². The molecule has 2 atom stereocenters. The molecular formula is C25H30N2O5. The zero-order chi connectivity index (χ0) is 23.3. The highest BCUT2D eigenvalue weighted by molar-refractivity contribution is 5.86. The maximum absolute atomic E-state index is 12.6. The Bertz CT molecular complexity index is 942. The fourth-order valence-electron chi connectivity index (χ4n) is 4.06. The molecule has 32 heavy (non-hydrogen) atoms. The van der Waals surface area contributed by atoms with Crippen molar-refractivity contribution in [2.45, 2.75) is 51.6 Å². The van der Waals surface area contributed by atoms with Gasteiger partial charge >= 0.3 is 12.1 Å². The first-order valence-corrected chi connectivity index (χ1v) is 11.0. The Morgan fingerprint density at radius 2 is 1.53 bits per heavy atom. The van der Waals surface area contributed by atoms with Crippen molar-refractivity contribution in [3.8, 4) is 11.1 Å². The lowest BCUT2D eigenvalue weighted by atomic mass is 9.98. The third kappa shape index (κ3) is 5.28. The molecule has 170 valence electrons. The summed E-state index contributed by atoms with van der Waals surface area (Å²) < 4.78 is 5.51. The number of hydrogen-bond acceptors (Lipinski definition) is 4. The van der Waals surface area contributed by atoms with Gasteiger partial charge in [0.2, 0.25) is 5.91 Å². The third-order valence-electron chi connectivity index (χ3n) is 5.89. The van der Waals surface area contributed by atoms with E-state index >= 15 is 0 Å². The van der Waals surface area contributed by atoms with E-state index in [4.69, 9.17) is 9.84 Å². The molecule has 0 bridgehead atoms. The van der Waals surface area contributed by atoms with E-state index in [-0.39, 0.29) is 24.9 Å². The lowest BCUT2D eigenvalue weighted by molar-refractivity contribution is -0.138. The number of benzene rings is 2. The van der Waals surface area contributed by atoms with E-state index in [1.54, 1.807) is 6.92 Å². The van der Waals surface area contributed by atoms with Crippen LogP contribution in [0, 0.1) is 5.92 Å². The minimum absolute atomic E-state index is 0.0537. The van der Waals surface area contributed by atoms with E-state index in [1.165, 1.54) is 0 Å². The molecule has 2 aromatic carbocycles. The lowest BCUT2D eigenvalue weighted by Gasteiger charge is -2.24. The predicted molar refractivity (Wildman–Crippen MR) is 121 cm³/mol. The van der Waals surface area contributed by atoms with E-state index < -0.39 is 30.1 Å². The van der Waals surface area contributed by atoms with Crippen molar-refractivity contribution in [2.24, 2.45) is 5.92 Å². The molecule has 7 nitrogen and oxygen atoms in total. The van der Waals surface area contributed by atoms with Gasteiger partial charge in [0.05, 0.1) is 6.42 Å². The quantitative estimate of drug-likeness (QED) is 0.550. The number of carboxylic acids is 1. The zero-order valence-electron chi connectivity index (χ0n) is 18.6. The van der Waals surface area contributed by atoms with Crippen LogP contribution in [0.3, 0.4) is 0 Å². The largest absolute Gasteiger partial charge is 0.481 e. The number of ether oxygens (including phenoxy) is 1. The second kappa shape index (κ2) is 10.3. The molecule has 0 aliphatic heterocycles. The molecule has 3 N–H and O–H groups in total. The number of carbonyl (C=O) groups is 3. The summed E-state index contributed by atoms with van der Waals surface area (Å²) in [7, 11) is 0. The number of hydrogen-bond donors (Lipinski definition) is 3. The number of carbonyl (C=O) groups excluding carboxylic acids is 2. The van der Waals surface area contributed by atoms with Gasteiger partial charge in [-0.15, -0.1) is 0 Å². The summed E-state index contributed by atoms with van der Waals surface area (Å²) in [6.45, 7) is 5.61. The number of amides is 2. The van der Waals surface area contributed by atoms with Crippen LogP contribution >= 0.6 is 0 Å². The minimum Gasteiger partial charge on any atom is -0.481 e. The van der Waals surface area contributed by atoms with Gasteiger partial charge in [-0.25, -0.2) is 4.79 Å². The maximum Gasteiger partial charge on any atom is 0.407 e. The molecule has 3 rings (SSSR count). The van der Waals surface area contributed by atoms with Gasteiger partial charge in [-0.3, -0.25) is 9.59 Å². The molecule has 1 aliphatic carbocycles. The average Bonchev–Trinajstić information content (AvgIpc) is 3.09. The molecule has 0 saturated heterocycles. The van der Waals surface area contributed by atoms with Gasteiger partial charge in [-0.2, -0.15) is 0 Å². The van der Waals surface area contributed by atoms with Crippen LogP contribution in [-0.4, -0.2) is 41.8 Å². The first-order chi connectivity index (χ1) is 15.3. The smallest absolute Gasteiger partial charge is 0.407 e. The summed E-state index contributed by atoms with van der Waals surface area (Å²) in [6, 6.07) is 14.8. The molecule has 0 fully saturated rings. The summed E-state index contributed by atoms with van der Waals surface area (Å²) in [5.41, 5.74) is 4.50. The molecule has 2 aromatic rings. The Balaban J connectivity index is 1.61. The fourth-order valence-corrected chi connectivity index (χ4v) is 4.06. The molecule has 7 heteroatoms. The van der Waals surface area contributed by atoms with Crippen LogP contribution in [0.25, 0.3) is 11.1 Å². The molecule has 0 saturated carbocycles. The SMILES string of the molecule is CC[C@H](NC(=O)OCC1c2ccccc2-c2ccccc21)C(=O)N[C@@H](CC(=O)O)C(C)C. The maximum atomic E-state index is 12.6. The first-order valence-electron chi connectivity index (χ1n) is 11.0. The number of carboxylic acid groups (broad SMARTS) is 1. The standard InChI is InChI=1S/C25H30N2O5/c1-4-21(24(30)26-22(15(2)3)13-23(28)29)27-25(31)32-14-20-18-11-7-5-9-16(18)17-10-6-8-12-19(17)20/h5-12,15,20-22H,4,13-14H2,1-3H3,(H,26,30)(H,27,31)(H,28,29)/t21-,22-/m0/s1. The Morgan fingerprint density at radius 3 is 2.03 bits per heavy atom. The van der Waals surface area contributed by atoms with Crippen molar-refractivity contribution in [2.75, 3.05) is 6.61 Å². The molecule has 0 aromatic heterocycles. The fraction of sp³-hybridized carbons (Fsp3) is 0.400. The van der Waals surface area contributed by atoms with Crippen LogP contribution < -0.4 is 10.6 Å². The zero-order valence-corrected chi connectivity index (χ0v) is 18.6. The second-order valence-electron chi connectivity index (χ2n) is 8.39. The monoisotopic (exact) mass is 438 g/mol. The van der Waals surface area contributed by atoms with Gasteiger partial charge in [0.25, 0.3) is 0 Å². The number of nitrogens with one attached hydrogen (secondary N) is 2. The van der Waals surface area contributed by atoms with E-state index in [0.29, 0.717) is 6.42 Å². The van der Waals surface area contributed by atoms with Gasteiger partial charge in [0.1, 0.15) is 12.6 Å². The van der Waals surface area contributed by atoms with Crippen molar-refractivity contribution in [3.05, 3.63) is 59.7 Å². The third-order valence-corrected chi connectivity index (χ3v) is 5.89. The number of aliphatic carboxylic acids is 1. The second-order valence-corrected chi connectivity index (χ2v) is 8.39. The summed E-state index contributed by atoms with van der Waals surface area (Å²) in [6.07, 6.45) is -0.494. The summed E-state index contributed by atoms with van der Waals surface area (Å²) >= 11 is 0. The highest BCUT2D eigenvalue weighted by Crippen LogP contribution is 2.44. The van der Waals surface area contributed by atoms with Crippen molar-refractivity contribution < 1.29 is 24.2 Å². The number of rotatable bonds is 9. The Morgan fingerprint density at radius 1 is 0.969 bits per heavy atom. The van der Waals surface area contributed by atoms with Crippen molar-refractivity contribution in [1.29, 1.82) is 0 Å². The van der Waals surface area contributed by atoms with Crippen LogP contribution in [0.2, 0.25) is 0 Å².